The van der Waals surface area contributed by atoms with Crippen LogP contribution in [0.3, 0.4) is 0 Å². The predicted octanol–water partition coefficient (Wildman–Crippen LogP) is 5.42. The zero-order chi connectivity index (χ0) is 16.3. The molecule has 0 saturated carbocycles. The highest BCUT2D eigenvalue weighted by atomic mass is 19.1. The Bertz CT molecular complexity index is 495. The topological polar surface area (TPSA) is 12.0 Å². The van der Waals surface area contributed by atoms with Crippen LogP contribution in [0.15, 0.2) is 24.8 Å². The first kappa shape index (κ1) is 17.7. The largest absolute Gasteiger partial charge is 0.380 e. The number of hydrogen-bond donors (Lipinski definition) is 1. The molecular formula is C19H30FN. The fraction of sp³-hybridized carbons (Fsp3) is 0.579. The van der Waals surface area contributed by atoms with Gasteiger partial charge in [-0.25, -0.2) is 4.39 Å². The molecule has 1 N–H and O–H groups in total. The van der Waals surface area contributed by atoms with E-state index in [9.17, 15) is 4.39 Å². The van der Waals surface area contributed by atoms with E-state index in [1.165, 1.54) is 11.1 Å². The number of rotatable bonds is 7. The summed E-state index contributed by atoms with van der Waals surface area (Å²) in [6.07, 6.45) is 2.33. The van der Waals surface area contributed by atoms with Crippen molar-refractivity contribution in [2.24, 2.45) is 0 Å². The summed E-state index contributed by atoms with van der Waals surface area (Å²) in [7, 11) is 0. The first-order valence-electron chi connectivity index (χ1n) is 7.80. The molecule has 0 aliphatic rings. The van der Waals surface area contributed by atoms with Crippen LogP contribution in [-0.2, 0) is 6.42 Å². The van der Waals surface area contributed by atoms with Gasteiger partial charge in [0.25, 0.3) is 0 Å². The molecule has 0 atom stereocenters. The number of nitrogens with one attached hydrogen (secondary N) is 1. The minimum absolute atomic E-state index is 0.0308. The third-order valence-corrected chi connectivity index (χ3v) is 4.06. The van der Waals surface area contributed by atoms with Crippen molar-refractivity contribution in [3.63, 3.8) is 0 Å². The van der Waals surface area contributed by atoms with Crippen LogP contribution in [0.25, 0.3) is 5.70 Å². The number of hydrogen-bond acceptors (Lipinski definition) is 1. The maximum absolute atomic E-state index is 13.7. The third kappa shape index (κ3) is 5.91. The number of aryl methyl sites for hydroxylation is 2. The van der Waals surface area contributed by atoms with Gasteiger partial charge < -0.3 is 5.32 Å². The molecule has 1 aromatic rings. The smallest absolute Gasteiger partial charge is 0.105 e. The first-order chi connectivity index (χ1) is 9.54. The molecule has 0 unspecified atom stereocenters. The molecule has 0 radical (unpaired) electrons. The second-order valence-corrected chi connectivity index (χ2v) is 7.20. The normalized spacial score (nSPS) is 12.3. The molecule has 0 aliphatic heterocycles. The Balaban J connectivity index is 2.88. The molecule has 1 aromatic carbocycles. The quantitative estimate of drug-likeness (QED) is 0.707. The fourth-order valence-electron chi connectivity index (χ4n) is 2.13. The molecule has 2 heteroatoms. The van der Waals surface area contributed by atoms with Crippen molar-refractivity contribution >= 4 is 5.70 Å². The SMILES string of the molecule is C=C(NC(C)(C)CC)c1ccc(C)c(CCC(C)(C)F)c1. The summed E-state index contributed by atoms with van der Waals surface area (Å²) in [5.74, 6) is 0. The van der Waals surface area contributed by atoms with Gasteiger partial charge in [-0.1, -0.05) is 25.6 Å². The Labute approximate surface area is 129 Å². The molecule has 0 bridgehead atoms. The average Bonchev–Trinajstić information content (AvgIpc) is 2.36. The molecule has 0 aromatic heterocycles. The lowest BCUT2D eigenvalue weighted by atomic mass is 9.94. The van der Waals surface area contributed by atoms with E-state index in [4.69, 9.17) is 0 Å². The summed E-state index contributed by atoms with van der Waals surface area (Å²) >= 11 is 0. The van der Waals surface area contributed by atoms with Gasteiger partial charge in [0, 0.05) is 11.2 Å². The van der Waals surface area contributed by atoms with Crippen molar-refractivity contribution in [1.82, 2.24) is 5.32 Å². The predicted molar refractivity (Wildman–Crippen MR) is 91.2 cm³/mol. The standard InChI is InChI=1S/C19H30FN/c1-8-19(6,7)21-15(3)17-10-9-14(2)16(13-17)11-12-18(4,5)20/h9-10,13,21H,3,8,11-12H2,1-2,4-7H3. The Morgan fingerprint density at radius 1 is 1.24 bits per heavy atom. The molecule has 0 aliphatic carbocycles. The Hall–Kier alpha value is -1.31. The monoisotopic (exact) mass is 291 g/mol. The summed E-state index contributed by atoms with van der Waals surface area (Å²) in [5.41, 5.74) is 3.35. The van der Waals surface area contributed by atoms with E-state index in [1.54, 1.807) is 13.8 Å². The lowest BCUT2D eigenvalue weighted by Gasteiger charge is -2.27. The van der Waals surface area contributed by atoms with Crippen LogP contribution in [0.2, 0.25) is 0 Å². The van der Waals surface area contributed by atoms with Crippen LogP contribution in [0, 0.1) is 6.92 Å². The minimum Gasteiger partial charge on any atom is -0.380 e. The van der Waals surface area contributed by atoms with Gasteiger partial charge in [0.1, 0.15) is 5.67 Å². The van der Waals surface area contributed by atoms with Crippen LogP contribution in [0.5, 0.6) is 0 Å². The van der Waals surface area contributed by atoms with Gasteiger partial charge in [-0.3, -0.25) is 0 Å². The van der Waals surface area contributed by atoms with E-state index in [0.29, 0.717) is 6.42 Å². The summed E-state index contributed by atoms with van der Waals surface area (Å²) in [6.45, 7) is 16.0. The maximum atomic E-state index is 13.7. The van der Waals surface area contributed by atoms with Crippen molar-refractivity contribution in [2.45, 2.75) is 72.0 Å². The second-order valence-electron chi connectivity index (χ2n) is 7.20. The number of benzene rings is 1. The molecule has 118 valence electrons. The van der Waals surface area contributed by atoms with Crippen LogP contribution in [0.4, 0.5) is 4.39 Å². The third-order valence-electron chi connectivity index (χ3n) is 4.06. The second kappa shape index (κ2) is 6.64. The maximum Gasteiger partial charge on any atom is 0.105 e. The highest BCUT2D eigenvalue weighted by molar-refractivity contribution is 5.63. The molecule has 0 saturated heterocycles. The van der Waals surface area contributed by atoms with Gasteiger partial charge in [0.2, 0.25) is 0 Å². The number of halogens is 1. The van der Waals surface area contributed by atoms with E-state index in [0.717, 1.165) is 24.1 Å². The highest BCUT2D eigenvalue weighted by Crippen LogP contribution is 2.23. The highest BCUT2D eigenvalue weighted by Gasteiger charge is 2.18. The molecular weight excluding hydrogens is 261 g/mol. The van der Waals surface area contributed by atoms with Crippen molar-refractivity contribution in [1.29, 1.82) is 0 Å². The van der Waals surface area contributed by atoms with E-state index in [1.807, 2.05) is 0 Å². The van der Waals surface area contributed by atoms with E-state index in [2.05, 4.69) is 57.8 Å². The lowest BCUT2D eigenvalue weighted by Crippen LogP contribution is -2.36. The average molecular weight is 291 g/mol. The Morgan fingerprint density at radius 2 is 1.86 bits per heavy atom. The van der Waals surface area contributed by atoms with Gasteiger partial charge in [-0.2, -0.15) is 0 Å². The van der Waals surface area contributed by atoms with Gasteiger partial charge in [-0.05, 0) is 76.6 Å². The molecule has 0 heterocycles. The van der Waals surface area contributed by atoms with Gasteiger partial charge in [0.05, 0.1) is 0 Å². The van der Waals surface area contributed by atoms with Gasteiger partial charge in [0.15, 0.2) is 0 Å². The molecule has 1 nitrogen and oxygen atoms in total. The van der Waals surface area contributed by atoms with E-state index >= 15 is 0 Å². The van der Waals surface area contributed by atoms with Crippen LogP contribution in [-0.4, -0.2) is 11.2 Å². The summed E-state index contributed by atoms with van der Waals surface area (Å²) in [4.78, 5) is 0. The first-order valence-corrected chi connectivity index (χ1v) is 7.80. The van der Waals surface area contributed by atoms with Crippen LogP contribution >= 0.6 is 0 Å². The number of alkyl halides is 1. The minimum atomic E-state index is -1.12. The fourth-order valence-corrected chi connectivity index (χ4v) is 2.13. The van der Waals surface area contributed by atoms with Gasteiger partial charge in [-0.15, -0.1) is 0 Å². The molecule has 0 fully saturated rings. The van der Waals surface area contributed by atoms with Crippen LogP contribution in [0.1, 0.15) is 64.2 Å². The van der Waals surface area contributed by atoms with Crippen molar-refractivity contribution < 1.29 is 4.39 Å². The summed E-state index contributed by atoms with van der Waals surface area (Å²) in [6, 6.07) is 6.32. The van der Waals surface area contributed by atoms with Crippen molar-refractivity contribution in [2.75, 3.05) is 0 Å². The molecule has 1 rings (SSSR count). The van der Waals surface area contributed by atoms with Crippen molar-refractivity contribution in [3.05, 3.63) is 41.5 Å². The Kier molecular flexibility index (Phi) is 5.61. The van der Waals surface area contributed by atoms with Gasteiger partial charge >= 0.3 is 0 Å². The lowest BCUT2D eigenvalue weighted by molar-refractivity contribution is 0.202. The zero-order valence-corrected chi connectivity index (χ0v) is 14.4. The molecule has 0 amide bonds. The molecule has 0 spiro atoms. The van der Waals surface area contributed by atoms with E-state index < -0.39 is 5.67 Å². The Morgan fingerprint density at radius 3 is 2.38 bits per heavy atom. The molecule has 21 heavy (non-hydrogen) atoms. The van der Waals surface area contributed by atoms with Crippen molar-refractivity contribution in [3.8, 4) is 0 Å². The summed E-state index contributed by atoms with van der Waals surface area (Å²) in [5, 5.41) is 3.47. The zero-order valence-electron chi connectivity index (χ0n) is 14.4. The summed E-state index contributed by atoms with van der Waals surface area (Å²) < 4.78 is 13.7. The van der Waals surface area contributed by atoms with E-state index in [-0.39, 0.29) is 5.54 Å². The van der Waals surface area contributed by atoms with Crippen LogP contribution < -0.4 is 5.32 Å².